The van der Waals surface area contributed by atoms with Crippen molar-refractivity contribution in [3.8, 4) is 0 Å². The Labute approximate surface area is 123 Å². The van der Waals surface area contributed by atoms with E-state index in [1.165, 1.54) is 0 Å². The van der Waals surface area contributed by atoms with Crippen molar-refractivity contribution in [2.45, 2.75) is 4.90 Å². The standard InChI is InChI=1S/C10H7ClN2O5S2/c11-6-1-3-7(4-2-6)19-9-8(13(15)16)5-20(17,18)10(9)12-14/h1-4,14H,5H2/b12-10-. The first-order chi connectivity index (χ1) is 9.35. The van der Waals surface area contributed by atoms with E-state index in [2.05, 4.69) is 5.16 Å². The van der Waals surface area contributed by atoms with Crippen LogP contribution in [0.4, 0.5) is 0 Å². The number of hydrogen-bond acceptors (Lipinski definition) is 7. The van der Waals surface area contributed by atoms with Gasteiger partial charge in [-0.2, -0.15) is 0 Å². The zero-order valence-corrected chi connectivity index (χ0v) is 12.1. The van der Waals surface area contributed by atoms with Gasteiger partial charge >= 0.3 is 0 Å². The van der Waals surface area contributed by atoms with Crippen LogP contribution in [0.25, 0.3) is 0 Å². The smallest absolute Gasteiger partial charge is 0.278 e. The van der Waals surface area contributed by atoms with E-state index >= 15 is 0 Å². The van der Waals surface area contributed by atoms with Crippen LogP contribution in [0.2, 0.25) is 5.02 Å². The Morgan fingerprint density at radius 1 is 1.35 bits per heavy atom. The summed E-state index contributed by atoms with van der Waals surface area (Å²) in [6, 6.07) is 6.29. The Kier molecular flexibility index (Phi) is 4.02. The molecule has 1 aromatic carbocycles. The molecule has 1 aliphatic heterocycles. The summed E-state index contributed by atoms with van der Waals surface area (Å²) in [5.74, 6) is -0.782. The van der Waals surface area contributed by atoms with Crippen molar-refractivity contribution >= 4 is 38.2 Å². The lowest BCUT2D eigenvalue weighted by atomic mass is 10.4. The third kappa shape index (κ3) is 2.79. The number of nitrogens with zero attached hydrogens (tertiary/aromatic N) is 2. The molecule has 0 spiro atoms. The van der Waals surface area contributed by atoms with Gasteiger partial charge in [-0.3, -0.25) is 10.1 Å². The van der Waals surface area contributed by atoms with E-state index in [0.717, 1.165) is 11.8 Å². The van der Waals surface area contributed by atoms with Crippen LogP contribution in [0.1, 0.15) is 0 Å². The highest BCUT2D eigenvalue weighted by molar-refractivity contribution is 8.13. The highest BCUT2D eigenvalue weighted by Crippen LogP contribution is 2.37. The fraction of sp³-hybridized carbons (Fsp3) is 0.100. The number of halogens is 1. The van der Waals surface area contributed by atoms with Crippen LogP contribution in [0.3, 0.4) is 0 Å². The molecule has 0 bridgehead atoms. The maximum Gasteiger partial charge on any atom is 0.278 e. The minimum Gasteiger partial charge on any atom is -0.410 e. The predicted molar refractivity (Wildman–Crippen MR) is 74.3 cm³/mol. The summed E-state index contributed by atoms with van der Waals surface area (Å²) in [5.41, 5.74) is -0.502. The molecule has 1 heterocycles. The van der Waals surface area contributed by atoms with E-state index in [1.54, 1.807) is 24.3 Å². The molecule has 0 aromatic heterocycles. The quantitative estimate of drug-likeness (QED) is 0.515. The summed E-state index contributed by atoms with van der Waals surface area (Å²) in [6.07, 6.45) is 0. The number of hydrogen-bond donors (Lipinski definition) is 1. The van der Waals surface area contributed by atoms with Crippen LogP contribution in [0.15, 0.2) is 44.9 Å². The number of rotatable bonds is 3. The van der Waals surface area contributed by atoms with E-state index in [4.69, 9.17) is 16.8 Å². The second kappa shape index (κ2) is 5.43. The molecule has 0 unspecified atom stereocenters. The van der Waals surface area contributed by atoms with E-state index in [0.29, 0.717) is 9.92 Å². The molecule has 20 heavy (non-hydrogen) atoms. The van der Waals surface area contributed by atoms with Crippen LogP contribution in [0, 0.1) is 10.1 Å². The van der Waals surface area contributed by atoms with Crippen molar-refractivity contribution in [1.82, 2.24) is 0 Å². The monoisotopic (exact) mass is 334 g/mol. The van der Waals surface area contributed by atoms with Gasteiger partial charge in [-0.25, -0.2) is 8.42 Å². The summed E-state index contributed by atoms with van der Waals surface area (Å²) in [4.78, 5) is 10.5. The minimum atomic E-state index is -3.97. The third-order valence-electron chi connectivity index (χ3n) is 2.42. The molecule has 0 radical (unpaired) electrons. The van der Waals surface area contributed by atoms with Crippen LogP contribution in [-0.2, 0) is 9.84 Å². The molecule has 0 fully saturated rings. The molecule has 0 atom stereocenters. The Morgan fingerprint density at radius 2 is 1.95 bits per heavy atom. The Balaban J connectivity index is 2.47. The van der Waals surface area contributed by atoms with Crippen molar-refractivity contribution < 1.29 is 18.5 Å². The summed E-state index contributed by atoms with van der Waals surface area (Å²) in [7, 11) is -3.97. The van der Waals surface area contributed by atoms with Crippen LogP contribution < -0.4 is 0 Å². The zero-order valence-electron chi connectivity index (χ0n) is 9.69. The lowest BCUT2D eigenvalue weighted by molar-refractivity contribution is -0.423. The van der Waals surface area contributed by atoms with Crippen molar-refractivity contribution in [3.05, 3.63) is 50.0 Å². The molecule has 0 amide bonds. The first-order valence-corrected chi connectivity index (χ1v) is 7.96. The Bertz CT molecular complexity index is 725. The molecule has 1 aromatic rings. The van der Waals surface area contributed by atoms with Crippen LogP contribution >= 0.6 is 23.4 Å². The fourth-order valence-corrected chi connectivity index (χ4v) is 4.44. The van der Waals surface area contributed by atoms with Gasteiger partial charge < -0.3 is 5.21 Å². The van der Waals surface area contributed by atoms with Crippen LogP contribution in [-0.4, -0.2) is 29.3 Å². The molecule has 1 aliphatic rings. The largest absolute Gasteiger partial charge is 0.410 e. The number of thioether (sulfide) groups is 1. The number of oxime groups is 1. The highest BCUT2D eigenvalue weighted by Gasteiger charge is 2.43. The molecule has 106 valence electrons. The molecule has 7 nitrogen and oxygen atoms in total. The maximum absolute atomic E-state index is 11.7. The van der Waals surface area contributed by atoms with Gasteiger partial charge in [-0.15, -0.1) is 0 Å². The number of nitro groups is 1. The Morgan fingerprint density at radius 3 is 2.45 bits per heavy atom. The topological polar surface area (TPSA) is 110 Å². The van der Waals surface area contributed by atoms with Gasteiger partial charge in [0.15, 0.2) is 0 Å². The number of sulfone groups is 1. The van der Waals surface area contributed by atoms with Crippen molar-refractivity contribution in [3.63, 3.8) is 0 Å². The highest BCUT2D eigenvalue weighted by atomic mass is 35.5. The van der Waals surface area contributed by atoms with Gasteiger partial charge in [0.2, 0.25) is 14.9 Å². The minimum absolute atomic E-state index is 0.181. The molecule has 1 N–H and O–H groups in total. The normalized spacial score (nSPS) is 19.6. The summed E-state index contributed by atoms with van der Waals surface area (Å²) >= 11 is 6.56. The Hall–Kier alpha value is -1.58. The van der Waals surface area contributed by atoms with Gasteiger partial charge in [0.05, 0.1) is 4.92 Å². The van der Waals surface area contributed by atoms with Crippen molar-refractivity contribution in [2.24, 2.45) is 5.16 Å². The van der Waals surface area contributed by atoms with E-state index in [-0.39, 0.29) is 4.91 Å². The first kappa shape index (κ1) is 14.8. The van der Waals surface area contributed by atoms with Crippen LogP contribution in [0.5, 0.6) is 0 Å². The molecule has 2 rings (SSSR count). The van der Waals surface area contributed by atoms with E-state index in [9.17, 15) is 18.5 Å². The second-order valence-corrected chi connectivity index (χ2v) is 7.18. The van der Waals surface area contributed by atoms with E-state index < -0.39 is 31.3 Å². The molecule has 0 aliphatic carbocycles. The van der Waals surface area contributed by atoms with Gasteiger partial charge in [-0.05, 0) is 24.3 Å². The van der Waals surface area contributed by atoms with Gasteiger partial charge in [0, 0.05) is 9.92 Å². The van der Waals surface area contributed by atoms with Crippen molar-refractivity contribution in [2.75, 3.05) is 5.75 Å². The summed E-state index contributed by atoms with van der Waals surface area (Å²) in [5, 5.41) is 22.2. The lowest BCUT2D eigenvalue weighted by Gasteiger charge is -2.02. The molecule has 0 saturated heterocycles. The second-order valence-electron chi connectivity index (χ2n) is 3.75. The summed E-state index contributed by atoms with van der Waals surface area (Å²) in [6.45, 7) is 0. The summed E-state index contributed by atoms with van der Waals surface area (Å²) < 4.78 is 23.4. The van der Waals surface area contributed by atoms with Crippen molar-refractivity contribution in [1.29, 1.82) is 0 Å². The maximum atomic E-state index is 11.7. The molecular weight excluding hydrogens is 328 g/mol. The SMILES string of the molecule is O=[N+]([O-])C1=C(Sc2ccc(Cl)cc2)/C(=N/O)S(=O)(=O)C1. The first-order valence-electron chi connectivity index (χ1n) is 5.11. The molecule has 0 saturated carbocycles. The van der Waals surface area contributed by atoms with Gasteiger partial charge in [0.25, 0.3) is 5.70 Å². The predicted octanol–water partition coefficient (Wildman–Crippen LogP) is 2.14. The third-order valence-corrected chi connectivity index (χ3v) is 5.47. The molecule has 10 heteroatoms. The fourth-order valence-electron chi connectivity index (χ4n) is 1.54. The van der Waals surface area contributed by atoms with E-state index in [1.807, 2.05) is 0 Å². The van der Waals surface area contributed by atoms with Gasteiger partial charge in [-0.1, -0.05) is 28.5 Å². The average molecular weight is 335 g/mol. The lowest BCUT2D eigenvalue weighted by Crippen LogP contribution is -2.12. The van der Waals surface area contributed by atoms with Gasteiger partial charge in [0.1, 0.15) is 10.7 Å². The number of benzene rings is 1. The zero-order chi connectivity index (χ0) is 14.9. The molecular formula is C10H7ClN2O5S2. The average Bonchev–Trinajstić information content (AvgIpc) is 2.63.